The lowest BCUT2D eigenvalue weighted by molar-refractivity contribution is 0.0731. The molecule has 2 aromatic heterocycles. The van der Waals surface area contributed by atoms with E-state index in [4.69, 9.17) is 11.6 Å². The number of nitrogens with one attached hydrogen (secondary N) is 1. The van der Waals surface area contributed by atoms with Gasteiger partial charge >= 0.3 is 0 Å². The highest BCUT2D eigenvalue weighted by atomic mass is 35.5. The van der Waals surface area contributed by atoms with E-state index >= 15 is 0 Å². The molecular weight excluding hydrogens is 326 g/mol. The number of nitrogens with zero attached hydrogens (tertiary/aromatic N) is 4. The van der Waals surface area contributed by atoms with Crippen molar-refractivity contribution in [2.45, 2.75) is 32.7 Å². The number of carbonyl (C=O) groups excluding carboxylic acids is 1. The number of amides is 1. The third-order valence-electron chi connectivity index (χ3n) is 4.34. The number of likely N-dealkylation sites (N-methyl/N-ethyl adjacent to an activating group) is 1. The quantitative estimate of drug-likeness (QED) is 0.922. The molecule has 128 valence electrons. The molecule has 1 unspecified atom stereocenters. The molecule has 0 aliphatic carbocycles. The summed E-state index contributed by atoms with van der Waals surface area (Å²) in [5.74, 6) is 0.499. The van der Waals surface area contributed by atoms with E-state index in [-0.39, 0.29) is 11.9 Å². The average Bonchev–Trinajstić information content (AvgIpc) is 3.14. The van der Waals surface area contributed by atoms with Gasteiger partial charge in [-0.1, -0.05) is 11.6 Å². The Balaban J connectivity index is 1.94. The van der Waals surface area contributed by atoms with Gasteiger partial charge in [-0.3, -0.25) is 4.79 Å². The van der Waals surface area contributed by atoms with Crippen LogP contribution in [-0.4, -0.2) is 51.8 Å². The molecule has 0 radical (unpaired) electrons. The van der Waals surface area contributed by atoms with Crippen molar-refractivity contribution in [3.63, 3.8) is 0 Å². The number of hydrogen-bond acceptors (Lipinski definition) is 4. The first-order chi connectivity index (χ1) is 11.5. The first kappa shape index (κ1) is 16.9. The molecule has 1 atom stereocenters. The van der Waals surface area contributed by atoms with Gasteiger partial charge in [-0.25, -0.2) is 9.67 Å². The van der Waals surface area contributed by atoms with E-state index in [0.717, 1.165) is 37.3 Å². The molecule has 3 heterocycles. The van der Waals surface area contributed by atoms with Crippen LogP contribution in [0.3, 0.4) is 0 Å². The van der Waals surface area contributed by atoms with Crippen LogP contribution >= 0.6 is 11.6 Å². The lowest BCUT2D eigenvalue weighted by Gasteiger charge is -2.24. The zero-order chi connectivity index (χ0) is 17.3. The number of carbonyl (C=O) groups is 1. The molecule has 1 amide bonds. The van der Waals surface area contributed by atoms with Crippen molar-refractivity contribution < 1.29 is 4.79 Å². The Morgan fingerprint density at radius 3 is 2.88 bits per heavy atom. The largest absolute Gasteiger partial charge is 0.333 e. The minimum absolute atomic E-state index is 0.110. The average molecular weight is 348 g/mol. The predicted octanol–water partition coefficient (Wildman–Crippen LogP) is 2.36. The lowest BCUT2D eigenvalue weighted by atomic mass is 10.2. The third-order valence-corrected chi connectivity index (χ3v) is 4.64. The number of hydrogen-bond donors (Lipinski definition) is 1. The van der Waals surface area contributed by atoms with Crippen molar-refractivity contribution in [2.75, 3.05) is 20.1 Å². The number of rotatable bonds is 4. The van der Waals surface area contributed by atoms with Crippen LogP contribution in [0.4, 0.5) is 0 Å². The van der Waals surface area contributed by atoms with Gasteiger partial charge in [0.05, 0.1) is 10.7 Å². The Kier molecular flexibility index (Phi) is 4.87. The first-order valence-electron chi connectivity index (χ1n) is 8.17. The fraction of sp³-hybridized carbons (Fsp3) is 0.471. The van der Waals surface area contributed by atoms with Crippen LogP contribution in [0.5, 0.6) is 0 Å². The number of pyridine rings is 1. The second kappa shape index (κ2) is 6.91. The SMILES string of the molecule is CNCC1CCCN1C(=O)c1nc(-n2nc(C)cc2C)ccc1Cl. The molecule has 1 fully saturated rings. The molecule has 3 rings (SSSR count). The van der Waals surface area contributed by atoms with Gasteiger partial charge in [0.15, 0.2) is 5.82 Å². The maximum atomic E-state index is 12.9. The van der Waals surface area contributed by atoms with Crippen LogP contribution in [0.15, 0.2) is 18.2 Å². The van der Waals surface area contributed by atoms with E-state index in [1.165, 1.54) is 0 Å². The molecule has 1 aliphatic heterocycles. The van der Waals surface area contributed by atoms with Gasteiger partial charge in [-0.15, -0.1) is 0 Å². The molecule has 1 aliphatic rings. The molecule has 2 aromatic rings. The van der Waals surface area contributed by atoms with Crippen LogP contribution in [0, 0.1) is 13.8 Å². The molecule has 0 bridgehead atoms. The number of likely N-dealkylation sites (tertiary alicyclic amines) is 1. The lowest BCUT2D eigenvalue weighted by Crippen LogP contribution is -2.41. The first-order valence-corrected chi connectivity index (χ1v) is 8.55. The number of aryl methyl sites for hydroxylation is 2. The number of halogens is 1. The monoisotopic (exact) mass is 347 g/mol. The summed E-state index contributed by atoms with van der Waals surface area (Å²) in [6, 6.07) is 5.67. The highest BCUT2D eigenvalue weighted by Gasteiger charge is 2.31. The van der Waals surface area contributed by atoms with Gasteiger partial charge in [-0.2, -0.15) is 5.10 Å². The summed E-state index contributed by atoms with van der Waals surface area (Å²) in [7, 11) is 1.90. The van der Waals surface area contributed by atoms with Crippen molar-refractivity contribution in [1.82, 2.24) is 25.0 Å². The molecule has 6 nitrogen and oxygen atoms in total. The maximum Gasteiger partial charge on any atom is 0.274 e. The Hall–Kier alpha value is -1.92. The molecule has 7 heteroatoms. The molecule has 0 spiro atoms. The molecule has 1 N–H and O–H groups in total. The molecule has 1 saturated heterocycles. The predicted molar refractivity (Wildman–Crippen MR) is 93.8 cm³/mol. The van der Waals surface area contributed by atoms with Crippen molar-refractivity contribution in [1.29, 1.82) is 0 Å². The van der Waals surface area contributed by atoms with Crippen LogP contribution in [0.1, 0.15) is 34.7 Å². The Bertz CT molecular complexity index is 757. The summed E-state index contributed by atoms with van der Waals surface area (Å²) >= 11 is 6.27. The summed E-state index contributed by atoms with van der Waals surface area (Å²) in [6.07, 6.45) is 2.01. The molecule has 24 heavy (non-hydrogen) atoms. The van der Waals surface area contributed by atoms with Gasteiger partial charge in [0.2, 0.25) is 0 Å². The standard InChI is InChI=1S/C17H22ClN5O/c1-11-9-12(2)23(21-11)15-7-6-14(18)16(20-15)17(24)22-8-4-5-13(22)10-19-3/h6-7,9,13,19H,4-5,8,10H2,1-3H3. The van der Waals surface area contributed by atoms with Gasteiger partial charge in [0.25, 0.3) is 5.91 Å². The van der Waals surface area contributed by atoms with E-state index in [0.29, 0.717) is 16.5 Å². The second-order valence-electron chi connectivity index (χ2n) is 6.19. The van der Waals surface area contributed by atoms with Crippen LogP contribution in [0.2, 0.25) is 5.02 Å². The Labute approximate surface area is 146 Å². The summed E-state index contributed by atoms with van der Waals surface area (Å²) in [5.41, 5.74) is 2.17. The van der Waals surface area contributed by atoms with Gasteiger partial charge in [-0.05, 0) is 51.9 Å². The van der Waals surface area contributed by atoms with E-state index in [9.17, 15) is 4.79 Å². The molecule has 0 saturated carbocycles. The minimum atomic E-state index is -0.110. The van der Waals surface area contributed by atoms with Gasteiger partial charge < -0.3 is 10.2 Å². The van der Waals surface area contributed by atoms with Gasteiger partial charge in [0, 0.05) is 24.8 Å². The second-order valence-corrected chi connectivity index (χ2v) is 6.60. The fourth-order valence-corrected chi connectivity index (χ4v) is 3.43. The van der Waals surface area contributed by atoms with Crippen LogP contribution < -0.4 is 5.32 Å². The van der Waals surface area contributed by atoms with Crippen molar-refractivity contribution in [2.24, 2.45) is 0 Å². The van der Waals surface area contributed by atoms with Gasteiger partial charge in [0.1, 0.15) is 5.69 Å². The highest BCUT2D eigenvalue weighted by molar-refractivity contribution is 6.33. The minimum Gasteiger partial charge on any atom is -0.333 e. The highest BCUT2D eigenvalue weighted by Crippen LogP contribution is 2.24. The van der Waals surface area contributed by atoms with Crippen molar-refractivity contribution in [3.05, 3.63) is 40.3 Å². The van der Waals surface area contributed by atoms with E-state index < -0.39 is 0 Å². The zero-order valence-corrected chi connectivity index (χ0v) is 15.0. The van der Waals surface area contributed by atoms with E-state index in [1.807, 2.05) is 31.9 Å². The molecule has 0 aromatic carbocycles. The van der Waals surface area contributed by atoms with E-state index in [2.05, 4.69) is 15.4 Å². The topological polar surface area (TPSA) is 63.1 Å². The third kappa shape index (κ3) is 3.16. The Morgan fingerprint density at radius 2 is 2.21 bits per heavy atom. The number of aromatic nitrogens is 3. The summed E-state index contributed by atoms with van der Waals surface area (Å²) < 4.78 is 1.73. The summed E-state index contributed by atoms with van der Waals surface area (Å²) in [4.78, 5) is 19.3. The summed E-state index contributed by atoms with van der Waals surface area (Å²) in [5, 5.41) is 7.95. The zero-order valence-electron chi connectivity index (χ0n) is 14.2. The smallest absolute Gasteiger partial charge is 0.274 e. The van der Waals surface area contributed by atoms with Crippen LogP contribution in [-0.2, 0) is 0 Å². The summed E-state index contributed by atoms with van der Waals surface area (Å²) in [6.45, 7) is 5.41. The Morgan fingerprint density at radius 1 is 1.42 bits per heavy atom. The van der Waals surface area contributed by atoms with Crippen LogP contribution in [0.25, 0.3) is 5.82 Å². The normalized spacial score (nSPS) is 17.5. The fourth-order valence-electron chi connectivity index (χ4n) is 3.25. The van der Waals surface area contributed by atoms with E-state index in [1.54, 1.807) is 16.8 Å². The maximum absolute atomic E-state index is 12.9. The van der Waals surface area contributed by atoms with Crippen molar-refractivity contribution in [3.8, 4) is 5.82 Å². The molecular formula is C17H22ClN5O. The van der Waals surface area contributed by atoms with Crippen molar-refractivity contribution >= 4 is 17.5 Å².